The minimum atomic E-state index is 0.230. The van der Waals surface area contributed by atoms with Gasteiger partial charge in [-0.2, -0.15) is 0 Å². The van der Waals surface area contributed by atoms with Gasteiger partial charge in [-0.15, -0.1) is 0 Å². The lowest BCUT2D eigenvalue weighted by atomic mass is 9.74. The van der Waals surface area contributed by atoms with E-state index >= 15 is 0 Å². The molecule has 0 radical (unpaired) electrons. The normalized spacial score (nSPS) is 22.4. The average molecular weight is 257 g/mol. The molecule has 0 fully saturated rings. The van der Waals surface area contributed by atoms with Crippen molar-refractivity contribution in [2.45, 2.75) is 58.9 Å². The third kappa shape index (κ3) is 3.94. The molecular weight excluding hydrogens is 230 g/mol. The zero-order chi connectivity index (χ0) is 14.0. The van der Waals surface area contributed by atoms with Crippen LogP contribution in [0.1, 0.15) is 57.6 Å². The van der Waals surface area contributed by atoms with Gasteiger partial charge in [0.05, 0.1) is 0 Å². The lowest BCUT2D eigenvalue weighted by Gasteiger charge is -2.33. The highest BCUT2D eigenvalue weighted by Crippen LogP contribution is 2.36. The van der Waals surface area contributed by atoms with Gasteiger partial charge in [-0.05, 0) is 41.7 Å². The molecule has 0 saturated heterocycles. The Morgan fingerprint density at radius 1 is 1.21 bits per heavy atom. The monoisotopic (exact) mass is 257 g/mol. The summed E-state index contributed by atoms with van der Waals surface area (Å²) in [5, 5.41) is 0. The van der Waals surface area contributed by atoms with Crippen LogP contribution in [0, 0.1) is 5.41 Å². The molecule has 19 heavy (non-hydrogen) atoms. The third-order valence-corrected chi connectivity index (χ3v) is 4.02. The zero-order valence-corrected chi connectivity index (χ0v) is 12.7. The molecule has 1 aliphatic carbocycles. The summed E-state index contributed by atoms with van der Waals surface area (Å²) < 4.78 is 0. The van der Waals surface area contributed by atoms with Gasteiger partial charge in [0, 0.05) is 6.04 Å². The molecule has 1 atom stereocenters. The summed E-state index contributed by atoms with van der Waals surface area (Å²) in [6, 6.07) is 9.28. The molecule has 0 heterocycles. The Kier molecular flexibility index (Phi) is 4.15. The first-order chi connectivity index (χ1) is 8.85. The fourth-order valence-corrected chi connectivity index (χ4v) is 3.15. The van der Waals surface area contributed by atoms with Gasteiger partial charge in [0.25, 0.3) is 0 Å². The highest BCUT2D eigenvalue weighted by Gasteiger charge is 2.26. The van der Waals surface area contributed by atoms with Crippen LogP contribution in [0.4, 0.5) is 0 Å². The maximum absolute atomic E-state index is 6.14. The van der Waals surface area contributed by atoms with E-state index in [9.17, 15) is 0 Å². The maximum Gasteiger partial charge on any atom is 0.0231 e. The van der Waals surface area contributed by atoms with E-state index in [1.807, 2.05) is 0 Å². The van der Waals surface area contributed by atoms with E-state index in [0.717, 1.165) is 12.8 Å². The van der Waals surface area contributed by atoms with Crippen molar-refractivity contribution in [3.05, 3.63) is 47.0 Å². The molecule has 0 bridgehead atoms. The summed E-state index contributed by atoms with van der Waals surface area (Å²) in [6.07, 6.45) is 5.60. The van der Waals surface area contributed by atoms with Crippen molar-refractivity contribution in [1.29, 1.82) is 0 Å². The fraction of sp³-hybridized carbons (Fsp3) is 0.556. The SMILES string of the molecule is CC(C)c1ccc(CC2=CC(N)CC(C)(C)C2)cc1. The first-order valence-electron chi connectivity index (χ1n) is 7.40. The van der Waals surface area contributed by atoms with Crippen molar-refractivity contribution in [2.75, 3.05) is 0 Å². The number of rotatable bonds is 3. The Hall–Kier alpha value is -1.08. The molecule has 1 aromatic carbocycles. The van der Waals surface area contributed by atoms with E-state index in [0.29, 0.717) is 11.3 Å². The minimum absolute atomic E-state index is 0.230. The number of benzene rings is 1. The van der Waals surface area contributed by atoms with E-state index in [1.54, 1.807) is 0 Å². The van der Waals surface area contributed by atoms with Crippen molar-refractivity contribution in [2.24, 2.45) is 11.1 Å². The second kappa shape index (κ2) is 5.50. The highest BCUT2D eigenvalue weighted by molar-refractivity contribution is 5.29. The Morgan fingerprint density at radius 2 is 1.84 bits per heavy atom. The van der Waals surface area contributed by atoms with E-state index in [1.165, 1.54) is 23.1 Å². The van der Waals surface area contributed by atoms with E-state index < -0.39 is 0 Å². The van der Waals surface area contributed by atoms with Crippen LogP contribution >= 0.6 is 0 Å². The first kappa shape index (κ1) is 14.3. The van der Waals surface area contributed by atoms with Crippen molar-refractivity contribution in [3.8, 4) is 0 Å². The van der Waals surface area contributed by atoms with E-state index in [-0.39, 0.29) is 6.04 Å². The quantitative estimate of drug-likeness (QED) is 0.797. The van der Waals surface area contributed by atoms with Gasteiger partial charge in [0.2, 0.25) is 0 Å². The summed E-state index contributed by atoms with van der Waals surface area (Å²) in [4.78, 5) is 0. The predicted octanol–water partition coefficient (Wildman–Crippen LogP) is 4.43. The first-order valence-corrected chi connectivity index (χ1v) is 7.40. The van der Waals surface area contributed by atoms with Gasteiger partial charge in [0.1, 0.15) is 0 Å². The van der Waals surface area contributed by atoms with Gasteiger partial charge in [-0.1, -0.05) is 63.6 Å². The predicted molar refractivity (Wildman–Crippen MR) is 83.3 cm³/mol. The van der Waals surface area contributed by atoms with Gasteiger partial charge in [-0.25, -0.2) is 0 Å². The molecular formula is C18H27N. The summed E-state index contributed by atoms with van der Waals surface area (Å²) in [6.45, 7) is 9.11. The number of hydrogen-bond donors (Lipinski definition) is 1. The van der Waals surface area contributed by atoms with Crippen LogP contribution in [0.2, 0.25) is 0 Å². The minimum Gasteiger partial charge on any atom is -0.324 e. The van der Waals surface area contributed by atoms with Crippen LogP contribution in [0.5, 0.6) is 0 Å². The van der Waals surface area contributed by atoms with Gasteiger partial charge in [-0.3, -0.25) is 0 Å². The number of nitrogens with two attached hydrogens (primary N) is 1. The number of hydrogen-bond acceptors (Lipinski definition) is 1. The Bertz CT molecular complexity index is 451. The van der Waals surface area contributed by atoms with Gasteiger partial charge < -0.3 is 5.73 Å². The van der Waals surface area contributed by atoms with Crippen LogP contribution in [0.25, 0.3) is 0 Å². The molecule has 1 aromatic rings. The van der Waals surface area contributed by atoms with Crippen molar-refractivity contribution in [1.82, 2.24) is 0 Å². The van der Waals surface area contributed by atoms with Crippen molar-refractivity contribution >= 4 is 0 Å². The summed E-state index contributed by atoms with van der Waals surface area (Å²) in [7, 11) is 0. The Morgan fingerprint density at radius 3 is 2.37 bits per heavy atom. The van der Waals surface area contributed by atoms with E-state index in [2.05, 4.69) is 58.0 Å². The molecule has 1 aliphatic rings. The van der Waals surface area contributed by atoms with Crippen LogP contribution in [0.3, 0.4) is 0 Å². The standard InChI is InChI=1S/C18H27N/c1-13(2)16-7-5-14(6-8-16)9-15-10-17(19)12-18(3,4)11-15/h5-8,10,13,17H,9,11-12,19H2,1-4H3. The topological polar surface area (TPSA) is 26.0 Å². The molecule has 0 amide bonds. The lowest BCUT2D eigenvalue weighted by Crippen LogP contribution is -2.31. The molecule has 104 valence electrons. The molecule has 2 N–H and O–H groups in total. The summed E-state index contributed by atoms with van der Waals surface area (Å²) in [5.41, 5.74) is 10.8. The van der Waals surface area contributed by atoms with Crippen molar-refractivity contribution in [3.63, 3.8) is 0 Å². The van der Waals surface area contributed by atoms with Gasteiger partial charge in [0.15, 0.2) is 0 Å². The largest absolute Gasteiger partial charge is 0.324 e. The van der Waals surface area contributed by atoms with Crippen LogP contribution in [-0.4, -0.2) is 6.04 Å². The zero-order valence-electron chi connectivity index (χ0n) is 12.7. The molecule has 0 spiro atoms. The third-order valence-electron chi connectivity index (χ3n) is 4.02. The van der Waals surface area contributed by atoms with Crippen LogP contribution in [-0.2, 0) is 6.42 Å². The Labute approximate surface area is 117 Å². The molecule has 1 heteroatoms. The number of allylic oxidation sites excluding steroid dienone is 1. The second-order valence-electron chi connectivity index (χ2n) is 7.11. The fourth-order valence-electron chi connectivity index (χ4n) is 3.15. The highest BCUT2D eigenvalue weighted by atomic mass is 14.6. The summed E-state index contributed by atoms with van der Waals surface area (Å²) in [5.74, 6) is 0.607. The molecule has 0 aromatic heterocycles. The second-order valence-corrected chi connectivity index (χ2v) is 7.11. The lowest BCUT2D eigenvalue weighted by molar-refractivity contribution is 0.299. The van der Waals surface area contributed by atoms with Crippen molar-refractivity contribution < 1.29 is 0 Å². The van der Waals surface area contributed by atoms with Gasteiger partial charge >= 0.3 is 0 Å². The van der Waals surface area contributed by atoms with Crippen LogP contribution < -0.4 is 5.73 Å². The maximum atomic E-state index is 6.14. The average Bonchev–Trinajstić information content (AvgIpc) is 2.26. The smallest absolute Gasteiger partial charge is 0.0231 e. The summed E-state index contributed by atoms with van der Waals surface area (Å²) >= 11 is 0. The van der Waals surface area contributed by atoms with E-state index in [4.69, 9.17) is 5.73 Å². The molecule has 1 unspecified atom stereocenters. The molecule has 0 aliphatic heterocycles. The van der Waals surface area contributed by atoms with Crippen LogP contribution in [0.15, 0.2) is 35.9 Å². The Balaban J connectivity index is 2.08. The molecule has 0 saturated carbocycles. The molecule has 1 nitrogen and oxygen atoms in total. The molecule has 2 rings (SSSR count).